The van der Waals surface area contributed by atoms with Gasteiger partial charge < -0.3 is 0 Å². The number of thiophene rings is 2. The summed E-state index contributed by atoms with van der Waals surface area (Å²) in [6.07, 6.45) is 0. The number of carbonyl (C=O) groups excluding carboxylic acids is 1. The fraction of sp³-hybridized carbons (Fsp3) is 0.0645. The molecule has 0 radical (unpaired) electrons. The normalized spacial score (nSPS) is 11.4. The standard InChI is InChI=1S/C31H20Br2OS2/c1-17-11-13-19(32)15-23(17)27-21-7-3-5-9-25(21)35-30(27)29(34)31-28(22-8-4-6-10-26(22)36-31)24-16-20(33)14-12-18(24)2/h3-16H,1-2H3. The lowest BCUT2D eigenvalue weighted by Crippen LogP contribution is -2.01. The fourth-order valence-corrected chi connectivity index (χ4v) is 7.89. The van der Waals surface area contributed by atoms with Gasteiger partial charge in [0.05, 0.1) is 9.75 Å². The van der Waals surface area contributed by atoms with Crippen LogP contribution in [0.5, 0.6) is 0 Å². The van der Waals surface area contributed by atoms with Gasteiger partial charge >= 0.3 is 0 Å². The Morgan fingerprint density at radius 3 is 1.47 bits per heavy atom. The second-order valence-electron chi connectivity index (χ2n) is 8.85. The number of rotatable bonds is 4. The van der Waals surface area contributed by atoms with E-state index in [1.807, 2.05) is 12.1 Å². The monoisotopic (exact) mass is 630 g/mol. The van der Waals surface area contributed by atoms with E-state index >= 15 is 0 Å². The van der Waals surface area contributed by atoms with Gasteiger partial charge in [-0.1, -0.05) is 80.4 Å². The Balaban J connectivity index is 1.66. The van der Waals surface area contributed by atoms with Crippen molar-refractivity contribution in [3.63, 3.8) is 0 Å². The minimum absolute atomic E-state index is 0.0844. The maximum atomic E-state index is 14.6. The number of carbonyl (C=O) groups is 1. The summed E-state index contributed by atoms with van der Waals surface area (Å²) in [4.78, 5) is 16.1. The molecule has 36 heavy (non-hydrogen) atoms. The molecule has 4 aromatic carbocycles. The van der Waals surface area contributed by atoms with Crippen LogP contribution in [-0.4, -0.2) is 5.78 Å². The maximum absolute atomic E-state index is 14.6. The summed E-state index contributed by atoms with van der Waals surface area (Å²) in [5.74, 6) is 0.0844. The molecular weight excluding hydrogens is 612 g/mol. The van der Waals surface area contributed by atoms with Crippen molar-refractivity contribution in [1.29, 1.82) is 0 Å². The quantitative estimate of drug-likeness (QED) is 0.177. The van der Waals surface area contributed by atoms with Gasteiger partial charge in [-0.05, 0) is 72.5 Å². The third-order valence-electron chi connectivity index (χ3n) is 6.54. The summed E-state index contributed by atoms with van der Waals surface area (Å²) in [6, 6.07) is 29.2. The number of ketones is 1. The first-order valence-corrected chi connectivity index (χ1v) is 14.7. The predicted octanol–water partition coefficient (Wildman–Crippen LogP) is 10.8. The lowest BCUT2D eigenvalue weighted by atomic mass is 9.93. The molecule has 0 atom stereocenters. The van der Waals surface area contributed by atoms with Crippen LogP contribution >= 0.6 is 54.5 Å². The van der Waals surface area contributed by atoms with Gasteiger partial charge in [-0.2, -0.15) is 0 Å². The summed E-state index contributed by atoms with van der Waals surface area (Å²) < 4.78 is 4.25. The molecule has 0 bridgehead atoms. The Morgan fingerprint density at radius 1 is 0.611 bits per heavy atom. The van der Waals surface area contributed by atoms with Crippen LogP contribution in [0, 0.1) is 13.8 Å². The van der Waals surface area contributed by atoms with Crippen molar-refractivity contribution in [2.24, 2.45) is 0 Å². The number of benzene rings is 4. The molecule has 176 valence electrons. The smallest absolute Gasteiger partial charge is 0.214 e. The van der Waals surface area contributed by atoms with Crippen LogP contribution in [0.25, 0.3) is 42.4 Å². The van der Waals surface area contributed by atoms with E-state index in [0.717, 1.165) is 72.3 Å². The van der Waals surface area contributed by atoms with Crippen molar-refractivity contribution in [1.82, 2.24) is 0 Å². The second-order valence-corrected chi connectivity index (χ2v) is 12.8. The van der Waals surface area contributed by atoms with Gasteiger partial charge in [0.25, 0.3) is 0 Å². The average Bonchev–Trinajstić information content (AvgIpc) is 3.45. The minimum Gasteiger partial charge on any atom is -0.287 e. The molecule has 0 unspecified atom stereocenters. The van der Waals surface area contributed by atoms with Crippen LogP contribution in [-0.2, 0) is 0 Å². The number of fused-ring (bicyclic) bond motifs is 2. The molecule has 6 rings (SSSR count). The van der Waals surface area contributed by atoms with Crippen LogP contribution in [0.1, 0.15) is 25.7 Å². The Bertz CT molecular complexity index is 1680. The molecule has 0 aliphatic heterocycles. The van der Waals surface area contributed by atoms with Crippen molar-refractivity contribution in [2.75, 3.05) is 0 Å². The van der Waals surface area contributed by atoms with E-state index in [0.29, 0.717) is 0 Å². The van der Waals surface area contributed by atoms with E-state index in [-0.39, 0.29) is 5.78 Å². The topological polar surface area (TPSA) is 17.1 Å². The van der Waals surface area contributed by atoms with E-state index < -0.39 is 0 Å². The summed E-state index contributed by atoms with van der Waals surface area (Å²) >= 11 is 10.5. The molecular formula is C31H20Br2OS2. The Kier molecular flexibility index (Phi) is 6.21. The first-order valence-electron chi connectivity index (χ1n) is 11.5. The van der Waals surface area contributed by atoms with Gasteiger partial charge in [0.1, 0.15) is 0 Å². The largest absolute Gasteiger partial charge is 0.287 e. The van der Waals surface area contributed by atoms with Crippen LogP contribution < -0.4 is 0 Å². The van der Waals surface area contributed by atoms with Gasteiger partial charge in [-0.25, -0.2) is 0 Å². The van der Waals surface area contributed by atoms with Crippen molar-refractivity contribution >= 4 is 80.5 Å². The Labute approximate surface area is 234 Å². The first kappa shape index (κ1) is 23.8. The zero-order valence-electron chi connectivity index (χ0n) is 19.6. The maximum Gasteiger partial charge on any atom is 0.214 e. The molecule has 0 saturated carbocycles. The highest BCUT2D eigenvalue weighted by molar-refractivity contribution is 9.10. The lowest BCUT2D eigenvalue weighted by molar-refractivity contribution is 0.104. The Hall–Kier alpha value is -2.57. The lowest BCUT2D eigenvalue weighted by Gasteiger charge is -2.11. The predicted molar refractivity (Wildman–Crippen MR) is 163 cm³/mol. The second kappa shape index (κ2) is 9.38. The fourth-order valence-electron chi connectivity index (χ4n) is 4.78. The van der Waals surface area contributed by atoms with E-state index in [1.165, 1.54) is 0 Å². The molecule has 2 heterocycles. The summed E-state index contributed by atoms with van der Waals surface area (Å²) in [5.41, 5.74) is 6.52. The SMILES string of the molecule is Cc1ccc(Br)cc1-c1c(C(=O)c2sc3ccccc3c2-c2cc(Br)ccc2C)sc2ccccc12. The van der Waals surface area contributed by atoms with Crippen molar-refractivity contribution in [2.45, 2.75) is 13.8 Å². The molecule has 6 aromatic rings. The molecule has 0 aliphatic rings. The molecule has 0 spiro atoms. The first-order chi connectivity index (χ1) is 17.4. The van der Waals surface area contributed by atoms with Crippen LogP contribution in [0.2, 0.25) is 0 Å². The third-order valence-corrected chi connectivity index (χ3v) is 9.87. The average molecular weight is 632 g/mol. The van der Waals surface area contributed by atoms with Gasteiger partial charge in [0.15, 0.2) is 0 Å². The number of hydrogen-bond donors (Lipinski definition) is 0. The van der Waals surface area contributed by atoms with E-state index in [1.54, 1.807) is 22.7 Å². The number of hydrogen-bond acceptors (Lipinski definition) is 3. The zero-order chi connectivity index (χ0) is 25.0. The van der Waals surface area contributed by atoms with Gasteiger partial charge in [0.2, 0.25) is 5.78 Å². The van der Waals surface area contributed by atoms with E-state index in [2.05, 4.69) is 119 Å². The minimum atomic E-state index is 0.0844. The third kappa shape index (κ3) is 3.99. The Morgan fingerprint density at radius 2 is 1.03 bits per heavy atom. The molecule has 0 N–H and O–H groups in total. The molecule has 0 saturated heterocycles. The number of halogens is 2. The van der Waals surface area contributed by atoms with Crippen LogP contribution in [0.4, 0.5) is 0 Å². The van der Waals surface area contributed by atoms with Crippen molar-refractivity contribution < 1.29 is 4.79 Å². The molecule has 5 heteroatoms. The molecule has 0 fully saturated rings. The van der Waals surface area contributed by atoms with E-state index in [4.69, 9.17) is 0 Å². The van der Waals surface area contributed by atoms with E-state index in [9.17, 15) is 4.79 Å². The highest BCUT2D eigenvalue weighted by Crippen LogP contribution is 2.46. The van der Waals surface area contributed by atoms with Gasteiger partial charge in [0, 0.05) is 40.2 Å². The highest BCUT2D eigenvalue weighted by Gasteiger charge is 2.27. The molecule has 0 aliphatic carbocycles. The zero-order valence-corrected chi connectivity index (χ0v) is 24.4. The molecule has 0 amide bonds. The van der Waals surface area contributed by atoms with Crippen LogP contribution in [0.15, 0.2) is 93.9 Å². The highest BCUT2D eigenvalue weighted by atomic mass is 79.9. The summed E-state index contributed by atoms with van der Waals surface area (Å²) in [6.45, 7) is 4.22. The summed E-state index contributed by atoms with van der Waals surface area (Å²) in [7, 11) is 0. The molecule has 1 nitrogen and oxygen atoms in total. The van der Waals surface area contributed by atoms with Crippen molar-refractivity contribution in [3.8, 4) is 22.3 Å². The van der Waals surface area contributed by atoms with Crippen LogP contribution in [0.3, 0.4) is 0 Å². The van der Waals surface area contributed by atoms with Gasteiger partial charge in [-0.15, -0.1) is 22.7 Å². The van der Waals surface area contributed by atoms with Crippen molar-refractivity contribution in [3.05, 3.63) is 115 Å². The molecule has 2 aromatic heterocycles. The van der Waals surface area contributed by atoms with Gasteiger partial charge in [-0.3, -0.25) is 4.79 Å². The number of aryl methyl sites for hydroxylation is 2. The summed E-state index contributed by atoms with van der Waals surface area (Å²) in [5, 5.41) is 2.24.